The van der Waals surface area contributed by atoms with Gasteiger partial charge in [0.2, 0.25) is 21.8 Å². The number of rotatable bonds is 5. The summed E-state index contributed by atoms with van der Waals surface area (Å²) in [7, 11) is -2.30. The van der Waals surface area contributed by atoms with Gasteiger partial charge in [-0.25, -0.2) is 18.2 Å². The summed E-state index contributed by atoms with van der Waals surface area (Å²) < 4.78 is 46.6. The van der Waals surface area contributed by atoms with Gasteiger partial charge in [0, 0.05) is 41.0 Å². The number of carbonyl (C=O) groups excluding carboxylic acids is 4. The van der Waals surface area contributed by atoms with Crippen molar-refractivity contribution in [3.05, 3.63) is 72.3 Å². The van der Waals surface area contributed by atoms with Crippen molar-refractivity contribution in [3.63, 3.8) is 0 Å². The zero-order valence-electron chi connectivity index (χ0n) is 35.0. The van der Waals surface area contributed by atoms with Crippen LogP contribution >= 0.6 is 0 Å². The molecule has 0 spiro atoms. The first-order valence-corrected chi connectivity index (χ1v) is 23.0. The number of hydrogen-bond acceptors (Lipinski definition) is 10. The Bertz CT molecular complexity index is 2360. The number of methoxy groups -OCH3 is 1. The first-order valence-electron chi connectivity index (χ1n) is 21.5. The molecule has 2 aromatic carbocycles. The van der Waals surface area contributed by atoms with Crippen molar-refractivity contribution in [1.29, 1.82) is 0 Å². The number of amides is 4. The number of aromatic nitrogens is 1. The van der Waals surface area contributed by atoms with Gasteiger partial charge in [0.05, 0.1) is 36.7 Å². The highest BCUT2D eigenvalue weighted by Gasteiger charge is 2.62. The lowest BCUT2D eigenvalue weighted by atomic mass is 9.88. The van der Waals surface area contributed by atoms with E-state index >= 15 is 0 Å². The van der Waals surface area contributed by atoms with Crippen LogP contribution in [0.5, 0.6) is 11.5 Å². The van der Waals surface area contributed by atoms with Crippen LogP contribution in [0.2, 0.25) is 0 Å². The number of alkyl carbamates (subject to hydrolysis) is 1. The van der Waals surface area contributed by atoms with Crippen molar-refractivity contribution in [2.24, 2.45) is 11.3 Å². The van der Waals surface area contributed by atoms with Crippen molar-refractivity contribution in [1.82, 2.24) is 25.2 Å². The molecule has 0 unspecified atom stereocenters. The number of nitrogens with one attached hydrogen (secondary N) is 3. The largest absolute Gasteiger partial charge is 0.496 e. The number of cyclic esters (lactones) is 1. The molecule has 1 aromatic heterocycles. The Balaban J connectivity index is 1.20. The van der Waals surface area contributed by atoms with Crippen molar-refractivity contribution in [2.75, 3.05) is 20.3 Å². The predicted molar refractivity (Wildman–Crippen MR) is 230 cm³/mol. The van der Waals surface area contributed by atoms with Gasteiger partial charge in [0.15, 0.2) is 0 Å². The topological polar surface area (TPSA) is 182 Å². The molecular formula is C46H55N5O9S. The Morgan fingerprint density at radius 1 is 1.00 bits per heavy atom. The van der Waals surface area contributed by atoms with E-state index in [2.05, 4.69) is 21.4 Å². The van der Waals surface area contributed by atoms with Gasteiger partial charge in [-0.1, -0.05) is 81.3 Å². The molecule has 2 saturated carbocycles. The van der Waals surface area contributed by atoms with Gasteiger partial charge < -0.3 is 29.7 Å². The zero-order valence-corrected chi connectivity index (χ0v) is 35.8. The smallest absolute Gasteiger partial charge is 0.407 e. The Labute approximate surface area is 356 Å². The quantitative estimate of drug-likeness (QED) is 0.251. The standard InChI is InChI=1S/C46H55N5O9S/c1-45(2)21-13-12-16-30-22-34-37(25-39(30)58-3)47-36(29-14-8-7-9-15-29)24-40(34)60-32-23-38-41(52)49-46(43(54)50-61(56,57)33-19-20-33)26-31(46)17-10-5-4-6-11-18-35(42(53)51(38)27-32)48-44(55)59-28-45/h7-10,12,14-17,22,24-25,31-33,35,38H,4-6,11,13,18-21,23,26-28H2,1-3H3,(H,48,55)(H,49,52)(H,50,54)/b16-12-,17-10-/t31-,32+,35-,38-,46+/m0/s1. The van der Waals surface area contributed by atoms with Crippen molar-refractivity contribution < 1.29 is 41.8 Å². The van der Waals surface area contributed by atoms with Gasteiger partial charge in [0.1, 0.15) is 35.2 Å². The highest BCUT2D eigenvalue weighted by molar-refractivity contribution is 7.91. The molecule has 2 aliphatic carbocycles. The normalized spacial score (nSPS) is 28.2. The van der Waals surface area contributed by atoms with E-state index in [-0.39, 0.29) is 31.4 Å². The number of carbonyl (C=O) groups is 4. The summed E-state index contributed by atoms with van der Waals surface area (Å²) in [4.78, 5) is 63.3. The third-order valence-electron chi connectivity index (χ3n) is 12.5. The van der Waals surface area contributed by atoms with Gasteiger partial charge >= 0.3 is 6.09 Å². The van der Waals surface area contributed by atoms with Crippen LogP contribution in [0.4, 0.5) is 4.79 Å². The molecule has 1 saturated heterocycles. The van der Waals surface area contributed by atoms with Crippen LogP contribution < -0.4 is 24.8 Å². The molecule has 5 bridgehead atoms. The number of hydrogen-bond donors (Lipinski definition) is 3. The van der Waals surface area contributed by atoms with Crippen molar-refractivity contribution in [3.8, 4) is 22.8 Å². The molecule has 3 N–H and O–H groups in total. The molecule has 0 radical (unpaired) electrons. The van der Waals surface area contributed by atoms with E-state index in [0.717, 1.165) is 24.0 Å². The van der Waals surface area contributed by atoms with Gasteiger partial charge in [-0.3, -0.25) is 19.1 Å². The summed E-state index contributed by atoms with van der Waals surface area (Å²) in [5.74, 6) is -1.20. The number of fused-ring (bicyclic) bond motifs is 4. The Morgan fingerprint density at radius 2 is 1.80 bits per heavy atom. The summed E-state index contributed by atoms with van der Waals surface area (Å²) in [5.41, 5.74) is 1.04. The average Bonchev–Trinajstić information content (AvgIpc) is 4.17. The minimum absolute atomic E-state index is 0.0107. The lowest BCUT2D eigenvalue weighted by molar-refractivity contribution is -0.141. The number of sulfonamides is 1. The Hall–Kier alpha value is -5.44. The van der Waals surface area contributed by atoms with Crippen LogP contribution in [0.3, 0.4) is 0 Å². The van der Waals surface area contributed by atoms with E-state index in [0.29, 0.717) is 73.0 Å². The maximum absolute atomic E-state index is 14.8. The third-order valence-corrected chi connectivity index (χ3v) is 14.3. The Kier molecular flexibility index (Phi) is 11.9. The van der Waals surface area contributed by atoms with E-state index in [1.165, 1.54) is 4.90 Å². The molecule has 4 heterocycles. The van der Waals surface area contributed by atoms with Crippen LogP contribution in [0, 0.1) is 11.3 Å². The molecule has 14 nitrogen and oxygen atoms in total. The van der Waals surface area contributed by atoms with Gasteiger partial charge in [-0.2, -0.15) is 0 Å². The molecule has 3 aliphatic heterocycles. The van der Waals surface area contributed by atoms with Gasteiger partial charge in [-0.15, -0.1) is 0 Å². The number of benzene rings is 2. The number of allylic oxidation sites excluding steroid dienone is 2. The fourth-order valence-electron chi connectivity index (χ4n) is 8.63. The third kappa shape index (κ3) is 9.41. The van der Waals surface area contributed by atoms with Crippen molar-refractivity contribution >= 4 is 50.8 Å². The van der Waals surface area contributed by atoms with Crippen molar-refractivity contribution in [2.45, 2.75) is 113 Å². The molecule has 8 rings (SSSR count). The highest BCUT2D eigenvalue weighted by atomic mass is 32.2. The molecule has 3 aromatic rings. The van der Waals surface area contributed by atoms with E-state index < -0.39 is 68.7 Å². The minimum atomic E-state index is -3.91. The summed E-state index contributed by atoms with van der Waals surface area (Å²) in [5, 5.41) is 5.83. The monoisotopic (exact) mass is 853 g/mol. The molecule has 5 aliphatic rings. The van der Waals surface area contributed by atoms with Crippen LogP contribution in [0.25, 0.3) is 28.2 Å². The first-order chi connectivity index (χ1) is 29.2. The Morgan fingerprint density at radius 3 is 2.57 bits per heavy atom. The molecule has 5 atom stereocenters. The summed E-state index contributed by atoms with van der Waals surface area (Å²) >= 11 is 0. The lowest BCUT2D eigenvalue weighted by Crippen LogP contribution is -2.58. The average molecular weight is 854 g/mol. The van der Waals surface area contributed by atoms with Crippen LogP contribution in [-0.4, -0.2) is 91.4 Å². The van der Waals surface area contributed by atoms with Gasteiger partial charge in [0.25, 0.3) is 5.91 Å². The molecule has 15 heteroatoms. The lowest BCUT2D eigenvalue weighted by Gasteiger charge is -2.30. The highest BCUT2D eigenvalue weighted by Crippen LogP contribution is 2.46. The minimum Gasteiger partial charge on any atom is -0.496 e. The predicted octanol–water partition coefficient (Wildman–Crippen LogP) is 6.19. The maximum atomic E-state index is 14.8. The number of ether oxygens (including phenoxy) is 3. The molecular weight excluding hydrogens is 799 g/mol. The summed E-state index contributed by atoms with van der Waals surface area (Å²) in [6.07, 6.45) is 12.2. The van der Waals surface area contributed by atoms with Crippen LogP contribution in [0.15, 0.2) is 66.8 Å². The van der Waals surface area contributed by atoms with E-state index in [9.17, 15) is 27.6 Å². The maximum Gasteiger partial charge on any atom is 0.407 e. The first kappa shape index (κ1) is 42.3. The van der Waals surface area contributed by atoms with Crippen LogP contribution in [0.1, 0.15) is 90.0 Å². The molecule has 61 heavy (non-hydrogen) atoms. The van der Waals surface area contributed by atoms with E-state index in [1.54, 1.807) is 7.11 Å². The number of pyridine rings is 1. The molecule has 4 amide bonds. The fourth-order valence-corrected chi connectivity index (χ4v) is 9.99. The second-order valence-corrected chi connectivity index (χ2v) is 19.8. The van der Waals surface area contributed by atoms with Crippen LogP contribution in [-0.2, 0) is 29.1 Å². The summed E-state index contributed by atoms with van der Waals surface area (Å²) in [6, 6.07) is 13.3. The molecule has 324 valence electrons. The number of nitrogens with zero attached hydrogens (tertiary/aromatic N) is 2. The van der Waals surface area contributed by atoms with Gasteiger partial charge in [-0.05, 0) is 62.8 Å². The SMILES string of the molecule is COc1cc2nc(-c3ccccc3)cc3c2cc1/C=C\CCC(C)(C)COC(=O)N[C@H]1CCCCC/C=C\[C@H]2C[C@@]2(C(=O)NS(=O)(=O)C2CC2)NC(=O)[C@@H]2C[C@H](CN2C1=O)O3. The van der Waals surface area contributed by atoms with E-state index in [4.69, 9.17) is 19.2 Å². The van der Waals surface area contributed by atoms with E-state index in [1.807, 2.05) is 80.6 Å². The zero-order chi connectivity index (χ0) is 42.9. The molecule has 3 fully saturated rings. The summed E-state index contributed by atoms with van der Waals surface area (Å²) in [6.45, 7) is 4.14. The second kappa shape index (κ2) is 17.1. The second-order valence-electron chi connectivity index (χ2n) is 17.9. The fraction of sp³-hybridized carbons (Fsp3) is 0.500.